The van der Waals surface area contributed by atoms with Crippen LogP contribution in [0.2, 0.25) is 0 Å². The zero-order valence-electron chi connectivity index (χ0n) is 5.20. The number of nitrogens with one attached hydrogen (secondary N) is 1. The number of hydrogen-bond acceptors (Lipinski definition) is 5. The monoisotopic (exact) mass is 177 g/mol. The highest BCUT2D eigenvalue weighted by Crippen LogP contribution is 1.98. The summed E-state index contributed by atoms with van der Waals surface area (Å²) in [6, 6.07) is 0. The molecular formula is C4H4ClN3O3. The predicted molar refractivity (Wildman–Crippen MR) is 37.9 cm³/mol. The van der Waals surface area contributed by atoms with E-state index in [2.05, 4.69) is 0 Å². The van der Waals surface area contributed by atoms with Crippen LogP contribution in [0.5, 0.6) is 0 Å². The van der Waals surface area contributed by atoms with Crippen LogP contribution in [0.1, 0.15) is 0 Å². The molecule has 0 aromatic rings. The molecule has 6 nitrogen and oxygen atoms in total. The molecule has 7 heteroatoms. The van der Waals surface area contributed by atoms with Gasteiger partial charge < -0.3 is 5.73 Å². The first-order valence-corrected chi connectivity index (χ1v) is 2.73. The van der Waals surface area contributed by atoms with Gasteiger partial charge in [0, 0.05) is 0 Å². The Morgan fingerprint density at radius 1 is 1.73 bits per heavy atom. The van der Waals surface area contributed by atoms with Crippen molar-refractivity contribution >= 4 is 22.6 Å². The zero-order valence-corrected chi connectivity index (χ0v) is 5.96. The van der Waals surface area contributed by atoms with Gasteiger partial charge in [0.2, 0.25) is 0 Å². The van der Waals surface area contributed by atoms with Crippen LogP contribution in [0.15, 0.2) is 11.9 Å². The van der Waals surface area contributed by atoms with Crippen molar-refractivity contribution in [2.45, 2.75) is 0 Å². The maximum Gasteiger partial charge on any atom is 0.314 e. The van der Waals surface area contributed by atoms with Gasteiger partial charge in [0.1, 0.15) is 0 Å². The predicted octanol–water partition coefficient (Wildman–Crippen LogP) is -0.152. The molecule has 0 radical (unpaired) electrons. The lowest BCUT2D eigenvalue weighted by atomic mass is 10.3. The number of rotatable bonds is 3. The molecule has 0 unspecified atom stereocenters. The van der Waals surface area contributed by atoms with E-state index >= 15 is 0 Å². The number of carbonyl (C=O) groups is 1. The minimum atomic E-state index is -1.21. The molecule has 11 heavy (non-hydrogen) atoms. The lowest BCUT2D eigenvalue weighted by Gasteiger charge is -1.92. The summed E-state index contributed by atoms with van der Waals surface area (Å²) >= 11 is 4.78. The normalized spacial score (nSPS) is 10.8. The third kappa shape index (κ3) is 2.34. The van der Waals surface area contributed by atoms with Crippen molar-refractivity contribution in [3.63, 3.8) is 0 Å². The van der Waals surface area contributed by atoms with Gasteiger partial charge in [-0.3, -0.25) is 20.3 Å². The maximum atomic E-state index is 10.2. The van der Waals surface area contributed by atoms with Crippen molar-refractivity contribution in [2.24, 2.45) is 5.73 Å². The maximum absolute atomic E-state index is 10.2. The summed E-state index contributed by atoms with van der Waals surface area (Å²) < 4.78 is 0. The summed E-state index contributed by atoms with van der Waals surface area (Å²) in [4.78, 5) is 19.2. The van der Waals surface area contributed by atoms with Crippen molar-refractivity contribution in [1.82, 2.24) is 0 Å². The molecule has 0 rings (SSSR count). The van der Waals surface area contributed by atoms with E-state index in [1.54, 1.807) is 0 Å². The molecule has 0 aromatic heterocycles. The molecule has 0 atom stereocenters. The highest BCUT2D eigenvalue weighted by atomic mass is 35.5. The van der Waals surface area contributed by atoms with E-state index < -0.39 is 21.6 Å². The Labute approximate surface area is 66.3 Å². The van der Waals surface area contributed by atoms with Crippen LogP contribution in [0.3, 0.4) is 0 Å². The van der Waals surface area contributed by atoms with E-state index in [4.69, 9.17) is 22.7 Å². The summed E-state index contributed by atoms with van der Waals surface area (Å²) in [6.07, 6.45) is 0.544. The van der Waals surface area contributed by atoms with Crippen LogP contribution in [0, 0.1) is 15.5 Å². The van der Waals surface area contributed by atoms with Gasteiger partial charge in [0.15, 0.2) is 5.71 Å². The molecule has 0 spiro atoms. The van der Waals surface area contributed by atoms with E-state index in [9.17, 15) is 14.9 Å². The lowest BCUT2D eigenvalue weighted by molar-refractivity contribution is -0.415. The third-order valence-electron chi connectivity index (χ3n) is 0.807. The summed E-state index contributed by atoms with van der Waals surface area (Å²) in [7, 11) is 0. The van der Waals surface area contributed by atoms with Crippen LogP contribution in [0.4, 0.5) is 0 Å². The molecule has 0 aliphatic heterocycles. The number of halogens is 1. The fraction of sp³-hybridized carbons (Fsp3) is 0. The van der Waals surface area contributed by atoms with Crippen LogP contribution in [-0.4, -0.2) is 15.9 Å². The quantitative estimate of drug-likeness (QED) is 0.270. The Morgan fingerprint density at radius 2 is 2.18 bits per heavy atom. The first-order valence-electron chi connectivity index (χ1n) is 2.35. The second-order valence-electron chi connectivity index (χ2n) is 1.46. The summed E-state index contributed by atoms with van der Waals surface area (Å²) in [5.74, 6) is 0. The Hall–Kier alpha value is -1.43. The second kappa shape index (κ2) is 3.67. The lowest BCUT2D eigenvalue weighted by Crippen LogP contribution is -2.17. The van der Waals surface area contributed by atoms with Gasteiger partial charge in [-0.05, 0) is 11.6 Å². The smallest absolute Gasteiger partial charge is 0.314 e. The Balaban J connectivity index is 4.69. The number of nitrogens with zero attached hydrogens (tertiary/aromatic N) is 1. The highest BCUT2D eigenvalue weighted by Gasteiger charge is 2.22. The molecule has 0 saturated heterocycles. The number of hydrogen-bond donors (Lipinski definition) is 2. The minimum absolute atomic E-state index is 0.544. The SMILES string of the molecule is N=C(C(=O)Cl)/C(=C\N)[N+](=O)[O-]. The number of nitro groups is 1. The fourth-order valence-corrected chi connectivity index (χ4v) is 0.433. The van der Waals surface area contributed by atoms with E-state index in [1.165, 1.54) is 0 Å². The minimum Gasteiger partial charge on any atom is -0.399 e. The Bertz CT molecular complexity index is 247. The summed E-state index contributed by atoms with van der Waals surface area (Å²) in [5, 5.41) is 15.5. The molecule has 0 fully saturated rings. The van der Waals surface area contributed by atoms with Crippen molar-refractivity contribution in [3.8, 4) is 0 Å². The van der Waals surface area contributed by atoms with Crippen LogP contribution < -0.4 is 5.73 Å². The average molecular weight is 178 g/mol. The second-order valence-corrected chi connectivity index (χ2v) is 1.80. The van der Waals surface area contributed by atoms with Gasteiger partial charge in [-0.2, -0.15) is 0 Å². The van der Waals surface area contributed by atoms with Crippen molar-refractivity contribution in [1.29, 1.82) is 5.41 Å². The Morgan fingerprint density at radius 3 is 2.27 bits per heavy atom. The molecular weight excluding hydrogens is 174 g/mol. The molecule has 60 valence electrons. The van der Waals surface area contributed by atoms with Gasteiger partial charge in [-0.1, -0.05) is 0 Å². The van der Waals surface area contributed by atoms with Gasteiger partial charge in [-0.15, -0.1) is 0 Å². The zero-order chi connectivity index (χ0) is 9.02. The van der Waals surface area contributed by atoms with Gasteiger partial charge >= 0.3 is 5.70 Å². The largest absolute Gasteiger partial charge is 0.399 e. The summed E-state index contributed by atoms with van der Waals surface area (Å²) in [5.41, 5.74) is 3.04. The van der Waals surface area contributed by atoms with Crippen molar-refractivity contribution < 1.29 is 9.72 Å². The number of carbonyl (C=O) groups excluding carboxylic acids is 1. The van der Waals surface area contributed by atoms with Crippen LogP contribution >= 0.6 is 11.6 Å². The molecule has 0 aromatic carbocycles. The molecule has 0 amide bonds. The first-order chi connectivity index (χ1) is 5.00. The molecule has 3 N–H and O–H groups in total. The van der Waals surface area contributed by atoms with Gasteiger partial charge in [0.05, 0.1) is 11.1 Å². The molecule has 0 heterocycles. The molecule has 0 saturated carbocycles. The standard InChI is InChI=1S/C4H4ClN3O3/c5-4(9)3(7)2(1-6)8(10)11/h1,7H,6H2/b2-1+,7-3?. The average Bonchev–Trinajstić information content (AvgIpc) is 1.88. The van der Waals surface area contributed by atoms with Crippen molar-refractivity contribution in [3.05, 3.63) is 22.0 Å². The number of allylic oxidation sites excluding steroid dienone is 1. The molecule has 0 bridgehead atoms. The fourth-order valence-electron chi connectivity index (χ4n) is 0.336. The van der Waals surface area contributed by atoms with Crippen molar-refractivity contribution in [2.75, 3.05) is 0 Å². The van der Waals surface area contributed by atoms with E-state index in [1.807, 2.05) is 0 Å². The van der Waals surface area contributed by atoms with E-state index in [-0.39, 0.29) is 0 Å². The van der Waals surface area contributed by atoms with E-state index in [0.717, 1.165) is 0 Å². The Kier molecular flexibility index (Phi) is 3.19. The topological polar surface area (TPSA) is 110 Å². The van der Waals surface area contributed by atoms with Gasteiger partial charge in [-0.25, -0.2) is 0 Å². The van der Waals surface area contributed by atoms with Crippen LogP contribution in [0.25, 0.3) is 0 Å². The summed E-state index contributed by atoms with van der Waals surface area (Å²) in [6.45, 7) is 0. The van der Waals surface area contributed by atoms with E-state index in [0.29, 0.717) is 6.20 Å². The first kappa shape index (κ1) is 9.57. The number of nitrogens with two attached hydrogens (primary N) is 1. The van der Waals surface area contributed by atoms with Crippen LogP contribution in [-0.2, 0) is 4.79 Å². The van der Waals surface area contributed by atoms with Gasteiger partial charge in [0.25, 0.3) is 5.24 Å². The molecule has 0 aliphatic rings. The third-order valence-corrected chi connectivity index (χ3v) is 0.996. The highest BCUT2D eigenvalue weighted by molar-refractivity contribution is 6.83. The molecule has 0 aliphatic carbocycles.